The maximum absolute atomic E-state index is 11.1. The zero-order valence-corrected chi connectivity index (χ0v) is 9.14. The summed E-state index contributed by atoms with van der Waals surface area (Å²) in [4.78, 5) is 11.1. The number of hydrogen-bond acceptors (Lipinski definition) is 5. The van der Waals surface area contributed by atoms with Gasteiger partial charge in [0.1, 0.15) is 6.10 Å². The molecule has 0 bridgehead atoms. The molecular formula is C10H18O5. The first-order valence-electron chi connectivity index (χ1n) is 5.24. The van der Waals surface area contributed by atoms with Gasteiger partial charge in [-0.25, -0.2) is 0 Å². The Hall–Kier alpha value is -0.650. The van der Waals surface area contributed by atoms with Crippen molar-refractivity contribution in [1.82, 2.24) is 0 Å². The van der Waals surface area contributed by atoms with E-state index in [4.69, 9.17) is 14.2 Å². The van der Waals surface area contributed by atoms with Gasteiger partial charge in [-0.3, -0.25) is 4.79 Å². The molecule has 1 aliphatic rings. The lowest BCUT2D eigenvalue weighted by atomic mass is 10.1. The van der Waals surface area contributed by atoms with Crippen molar-refractivity contribution in [3.05, 3.63) is 0 Å². The van der Waals surface area contributed by atoms with Crippen LogP contribution in [0.4, 0.5) is 0 Å². The van der Waals surface area contributed by atoms with Crippen LogP contribution >= 0.6 is 0 Å². The Morgan fingerprint density at radius 1 is 1.60 bits per heavy atom. The zero-order chi connectivity index (χ0) is 11.3. The van der Waals surface area contributed by atoms with E-state index in [0.29, 0.717) is 13.0 Å². The molecule has 1 aliphatic heterocycles. The van der Waals surface area contributed by atoms with Gasteiger partial charge in [-0.15, -0.1) is 0 Å². The number of esters is 1. The minimum absolute atomic E-state index is 0.257. The lowest BCUT2D eigenvalue weighted by molar-refractivity contribution is -0.245. The molecule has 15 heavy (non-hydrogen) atoms. The van der Waals surface area contributed by atoms with Gasteiger partial charge in [0.25, 0.3) is 0 Å². The summed E-state index contributed by atoms with van der Waals surface area (Å²) < 4.78 is 15.2. The molecule has 0 aliphatic carbocycles. The summed E-state index contributed by atoms with van der Waals surface area (Å²) in [6, 6.07) is 0. The Morgan fingerprint density at radius 2 is 2.33 bits per heavy atom. The van der Waals surface area contributed by atoms with Gasteiger partial charge in [-0.2, -0.15) is 0 Å². The minimum atomic E-state index is -0.657. The van der Waals surface area contributed by atoms with Crippen molar-refractivity contribution in [2.75, 3.05) is 13.2 Å². The van der Waals surface area contributed by atoms with Gasteiger partial charge in [0.05, 0.1) is 19.3 Å². The van der Waals surface area contributed by atoms with Crippen molar-refractivity contribution in [1.29, 1.82) is 0 Å². The van der Waals surface area contributed by atoms with E-state index in [9.17, 15) is 9.90 Å². The van der Waals surface area contributed by atoms with Gasteiger partial charge in [-0.05, 0) is 20.3 Å². The molecule has 1 N–H and O–H groups in total. The van der Waals surface area contributed by atoms with Crippen LogP contribution in [0.15, 0.2) is 0 Å². The number of aliphatic hydroxyl groups is 1. The molecule has 0 aromatic heterocycles. The molecule has 88 valence electrons. The number of hydrogen-bond donors (Lipinski definition) is 1. The van der Waals surface area contributed by atoms with Crippen LogP contribution in [0.3, 0.4) is 0 Å². The molecule has 0 aromatic carbocycles. The van der Waals surface area contributed by atoms with E-state index in [1.165, 1.54) is 0 Å². The Labute approximate surface area is 89.3 Å². The Balaban J connectivity index is 2.27. The average Bonchev–Trinajstić information content (AvgIpc) is 2.20. The number of carbonyl (C=O) groups is 1. The monoisotopic (exact) mass is 218 g/mol. The van der Waals surface area contributed by atoms with E-state index < -0.39 is 6.10 Å². The molecule has 0 spiro atoms. The number of carbonyl (C=O) groups excluding carboxylic acids is 1. The maximum Gasteiger partial charge on any atom is 0.305 e. The fourth-order valence-electron chi connectivity index (χ4n) is 1.47. The lowest BCUT2D eigenvalue weighted by Crippen LogP contribution is -2.42. The third kappa shape index (κ3) is 4.15. The first-order chi connectivity index (χ1) is 7.13. The third-order valence-corrected chi connectivity index (χ3v) is 2.24. The summed E-state index contributed by atoms with van der Waals surface area (Å²) in [5, 5.41) is 9.53. The second-order valence-electron chi connectivity index (χ2n) is 3.49. The Bertz CT molecular complexity index is 206. The molecular weight excluding hydrogens is 200 g/mol. The van der Waals surface area contributed by atoms with Crippen LogP contribution in [0, 0.1) is 0 Å². The van der Waals surface area contributed by atoms with Crippen molar-refractivity contribution >= 4 is 5.97 Å². The first kappa shape index (κ1) is 12.4. The SMILES string of the molecule is CCOC(=O)CC[C@@H]1O[C@H](C)OC[C@H]1O. The van der Waals surface area contributed by atoms with Crippen LogP contribution in [0.2, 0.25) is 0 Å². The maximum atomic E-state index is 11.1. The summed E-state index contributed by atoms with van der Waals surface area (Å²) in [5.41, 5.74) is 0. The highest BCUT2D eigenvalue weighted by atomic mass is 16.7. The quantitative estimate of drug-likeness (QED) is 0.694. The summed E-state index contributed by atoms with van der Waals surface area (Å²) in [7, 11) is 0. The van der Waals surface area contributed by atoms with Crippen LogP contribution in [0.25, 0.3) is 0 Å². The van der Waals surface area contributed by atoms with Crippen molar-refractivity contribution in [2.45, 2.75) is 45.2 Å². The second-order valence-corrected chi connectivity index (χ2v) is 3.49. The zero-order valence-electron chi connectivity index (χ0n) is 9.14. The van der Waals surface area contributed by atoms with Gasteiger partial charge in [0.2, 0.25) is 0 Å². The van der Waals surface area contributed by atoms with Gasteiger partial charge >= 0.3 is 5.97 Å². The molecule has 0 unspecified atom stereocenters. The molecule has 1 fully saturated rings. The van der Waals surface area contributed by atoms with Gasteiger partial charge in [0, 0.05) is 6.42 Å². The molecule has 0 amide bonds. The summed E-state index contributed by atoms with van der Waals surface area (Å²) in [5.74, 6) is -0.257. The molecule has 5 heteroatoms. The van der Waals surface area contributed by atoms with E-state index in [1.807, 2.05) is 0 Å². The van der Waals surface area contributed by atoms with Crippen molar-refractivity contribution in [2.24, 2.45) is 0 Å². The highest BCUT2D eigenvalue weighted by molar-refractivity contribution is 5.69. The average molecular weight is 218 g/mol. The molecule has 0 radical (unpaired) electrons. The largest absolute Gasteiger partial charge is 0.466 e. The summed E-state index contributed by atoms with van der Waals surface area (Å²) in [6.45, 7) is 4.17. The number of rotatable bonds is 4. The van der Waals surface area contributed by atoms with Crippen molar-refractivity contribution < 1.29 is 24.1 Å². The van der Waals surface area contributed by atoms with E-state index in [1.54, 1.807) is 13.8 Å². The number of ether oxygens (including phenoxy) is 3. The van der Waals surface area contributed by atoms with E-state index in [-0.39, 0.29) is 31.4 Å². The van der Waals surface area contributed by atoms with Crippen LogP contribution in [-0.4, -0.2) is 42.8 Å². The molecule has 1 rings (SSSR count). The normalized spacial score (nSPS) is 31.3. The Morgan fingerprint density at radius 3 is 3.00 bits per heavy atom. The number of aliphatic hydroxyl groups excluding tert-OH is 1. The fraction of sp³-hybridized carbons (Fsp3) is 0.900. The van der Waals surface area contributed by atoms with Crippen molar-refractivity contribution in [3.8, 4) is 0 Å². The topological polar surface area (TPSA) is 65.0 Å². The first-order valence-corrected chi connectivity index (χ1v) is 5.24. The smallest absolute Gasteiger partial charge is 0.305 e. The molecule has 5 nitrogen and oxygen atoms in total. The second kappa shape index (κ2) is 6.05. The summed E-state index contributed by atoms with van der Waals surface area (Å²) >= 11 is 0. The molecule has 0 aromatic rings. The third-order valence-electron chi connectivity index (χ3n) is 2.24. The van der Waals surface area contributed by atoms with Crippen molar-refractivity contribution in [3.63, 3.8) is 0 Å². The lowest BCUT2D eigenvalue weighted by Gasteiger charge is -2.32. The molecule has 3 atom stereocenters. The highest BCUT2D eigenvalue weighted by Crippen LogP contribution is 2.17. The van der Waals surface area contributed by atoms with Crippen LogP contribution in [0.5, 0.6) is 0 Å². The minimum Gasteiger partial charge on any atom is -0.466 e. The highest BCUT2D eigenvalue weighted by Gasteiger charge is 2.28. The predicted octanol–water partition coefficient (Wildman–Crippen LogP) is 0.452. The Kier molecular flexibility index (Phi) is 5.01. The van der Waals surface area contributed by atoms with E-state index >= 15 is 0 Å². The molecule has 0 saturated carbocycles. The van der Waals surface area contributed by atoms with Crippen LogP contribution in [-0.2, 0) is 19.0 Å². The standard InChI is InChI=1S/C10H18O5/c1-3-13-10(12)5-4-9-8(11)6-14-7(2)15-9/h7-9,11H,3-6H2,1-2H3/t7-,8-,9+/m1/s1. The van der Waals surface area contributed by atoms with E-state index in [2.05, 4.69) is 0 Å². The van der Waals surface area contributed by atoms with Gasteiger partial charge < -0.3 is 19.3 Å². The van der Waals surface area contributed by atoms with Gasteiger partial charge in [-0.1, -0.05) is 0 Å². The van der Waals surface area contributed by atoms with Crippen LogP contribution in [0.1, 0.15) is 26.7 Å². The van der Waals surface area contributed by atoms with Gasteiger partial charge in [0.15, 0.2) is 6.29 Å². The van der Waals surface area contributed by atoms with E-state index in [0.717, 1.165) is 0 Å². The fourth-order valence-corrected chi connectivity index (χ4v) is 1.47. The molecule has 1 saturated heterocycles. The molecule has 1 heterocycles. The predicted molar refractivity (Wildman–Crippen MR) is 52.2 cm³/mol. The van der Waals surface area contributed by atoms with Crippen LogP contribution < -0.4 is 0 Å². The summed E-state index contributed by atoms with van der Waals surface area (Å²) in [6.07, 6.45) is -0.579.